The van der Waals surface area contributed by atoms with E-state index in [0.717, 1.165) is 16.5 Å². The summed E-state index contributed by atoms with van der Waals surface area (Å²) < 4.78 is 4.90. The zero-order valence-corrected chi connectivity index (χ0v) is 17.0. The topological polar surface area (TPSA) is 104 Å². The van der Waals surface area contributed by atoms with Gasteiger partial charge >= 0.3 is 5.97 Å². The highest BCUT2D eigenvalue weighted by Gasteiger charge is 2.29. The van der Waals surface area contributed by atoms with Gasteiger partial charge in [-0.2, -0.15) is 5.10 Å². The minimum Gasteiger partial charge on any atom is -0.467 e. The van der Waals surface area contributed by atoms with Crippen LogP contribution in [0.4, 0.5) is 5.69 Å². The molecule has 1 aliphatic rings. The SMILES string of the molecule is COC(=O)[C@@H](Cc1c[nH]c2ccccc12)NC(=O)C1=NN(c2ccccc2)C(=O)CC1. The molecule has 0 radical (unpaired) electrons. The highest BCUT2D eigenvalue weighted by atomic mass is 16.5. The molecule has 158 valence electrons. The van der Waals surface area contributed by atoms with Crippen molar-refractivity contribution >= 4 is 40.1 Å². The number of benzene rings is 2. The third-order valence-corrected chi connectivity index (χ3v) is 5.19. The number of carbonyl (C=O) groups is 3. The maximum absolute atomic E-state index is 12.9. The van der Waals surface area contributed by atoms with Crippen LogP contribution in [0.1, 0.15) is 18.4 Å². The van der Waals surface area contributed by atoms with Crippen LogP contribution in [0.2, 0.25) is 0 Å². The van der Waals surface area contributed by atoms with Gasteiger partial charge in [-0.3, -0.25) is 9.59 Å². The Morgan fingerprint density at radius 1 is 1.13 bits per heavy atom. The molecule has 31 heavy (non-hydrogen) atoms. The summed E-state index contributed by atoms with van der Waals surface area (Å²) in [6.45, 7) is 0. The van der Waals surface area contributed by atoms with Crippen molar-refractivity contribution in [3.05, 3.63) is 66.4 Å². The standard InChI is InChI=1S/C23H22N4O4/c1-31-23(30)20(13-15-14-24-18-10-6-5-9-17(15)18)25-22(29)19-11-12-21(28)27(26-19)16-7-3-2-4-8-16/h2-10,14,20,24H,11-13H2,1H3,(H,25,29)/t20-/m1/s1. The minimum absolute atomic E-state index is 0.159. The second-order valence-corrected chi connectivity index (χ2v) is 7.20. The van der Waals surface area contributed by atoms with Gasteiger partial charge in [0.2, 0.25) is 5.91 Å². The number of ether oxygens (including phenoxy) is 1. The van der Waals surface area contributed by atoms with Crippen molar-refractivity contribution in [3.8, 4) is 0 Å². The molecule has 4 rings (SSSR count). The molecular weight excluding hydrogens is 396 g/mol. The Labute approximate surface area is 178 Å². The fourth-order valence-electron chi connectivity index (χ4n) is 3.59. The Kier molecular flexibility index (Phi) is 5.79. The summed E-state index contributed by atoms with van der Waals surface area (Å²) in [7, 11) is 1.28. The zero-order chi connectivity index (χ0) is 21.8. The van der Waals surface area contributed by atoms with E-state index in [4.69, 9.17) is 4.74 Å². The first-order chi connectivity index (χ1) is 15.1. The first-order valence-electron chi connectivity index (χ1n) is 9.96. The number of methoxy groups -OCH3 is 1. The lowest BCUT2D eigenvalue weighted by Gasteiger charge is -2.24. The van der Waals surface area contributed by atoms with Crippen LogP contribution < -0.4 is 10.3 Å². The first kappa shape index (κ1) is 20.3. The van der Waals surface area contributed by atoms with Crippen LogP contribution in [0.5, 0.6) is 0 Å². The van der Waals surface area contributed by atoms with E-state index < -0.39 is 17.9 Å². The van der Waals surface area contributed by atoms with Gasteiger partial charge in [-0.15, -0.1) is 0 Å². The molecule has 2 amide bonds. The molecule has 1 aliphatic heterocycles. The van der Waals surface area contributed by atoms with Gasteiger partial charge in [0.15, 0.2) is 0 Å². The zero-order valence-electron chi connectivity index (χ0n) is 17.0. The summed E-state index contributed by atoms with van der Waals surface area (Å²) in [6.07, 6.45) is 2.44. The lowest BCUT2D eigenvalue weighted by molar-refractivity contribution is -0.144. The van der Waals surface area contributed by atoms with E-state index >= 15 is 0 Å². The van der Waals surface area contributed by atoms with Crippen molar-refractivity contribution in [2.24, 2.45) is 5.10 Å². The van der Waals surface area contributed by atoms with E-state index in [-0.39, 0.29) is 30.9 Å². The van der Waals surface area contributed by atoms with Crippen molar-refractivity contribution in [1.82, 2.24) is 10.3 Å². The maximum Gasteiger partial charge on any atom is 0.328 e. The number of hydrogen-bond acceptors (Lipinski definition) is 5. The summed E-state index contributed by atoms with van der Waals surface area (Å²) in [5, 5.41) is 9.18. The number of anilines is 1. The number of carbonyl (C=O) groups excluding carboxylic acids is 3. The molecule has 0 spiro atoms. The number of aromatic amines is 1. The Bertz CT molecular complexity index is 1150. The van der Waals surface area contributed by atoms with Crippen LogP contribution in [0.25, 0.3) is 10.9 Å². The molecule has 0 bridgehead atoms. The molecule has 2 N–H and O–H groups in total. The van der Waals surface area contributed by atoms with Crippen LogP contribution >= 0.6 is 0 Å². The number of nitrogens with zero attached hydrogens (tertiary/aromatic N) is 2. The second-order valence-electron chi connectivity index (χ2n) is 7.20. The third-order valence-electron chi connectivity index (χ3n) is 5.19. The van der Waals surface area contributed by atoms with E-state index in [1.807, 2.05) is 36.5 Å². The Morgan fingerprint density at radius 3 is 2.65 bits per heavy atom. The monoisotopic (exact) mass is 418 g/mol. The lowest BCUT2D eigenvalue weighted by Crippen LogP contribution is -2.47. The molecule has 0 unspecified atom stereocenters. The predicted molar refractivity (Wildman–Crippen MR) is 117 cm³/mol. The molecule has 2 aromatic carbocycles. The Balaban J connectivity index is 1.55. The van der Waals surface area contributed by atoms with Crippen molar-refractivity contribution in [2.45, 2.75) is 25.3 Å². The van der Waals surface area contributed by atoms with Crippen LogP contribution in [0.15, 0.2) is 65.9 Å². The molecule has 0 fully saturated rings. The number of hydrazone groups is 1. The summed E-state index contributed by atoms with van der Waals surface area (Å²) in [5.41, 5.74) is 2.61. The number of fused-ring (bicyclic) bond motifs is 1. The molecule has 1 aromatic heterocycles. The van der Waals surface area contributed by atoms with Crippen molar-refractivity contribution in [3.63, 3.8) is 0 Å². The van der Waals surface area contributed by atoms with Crippen LogP contribution in [0, 0.1) is 0 Å². The lowest BCUT2D eigenvalue weighted by atomic mass is 10.0. The number of H-pyrrole nitrogens is 1. The number of rotatable bonds is 6. The normalized spacial score (nSPS) is 14.8. The smallest absolute Gasteiger partial charge is 0.328 e. The van der Waals surface area contributed by atoms with E-state index in [1.165, 1.54) is 12.1 Å². The van der Waals surface area contributed by atoms with E-state index in [2.05, 4.69) is 15.4 Å². The van der Waals surface area contributed by atoms with E-state index in [9.17, 15) is 14.4 Å². The van der Waals surface area contributed by atoms with Crippen LogP contribution in [-0.2, 0) is 25.5 Å². The largest absolute Gasteiger partial charge is 0.467 e. The molecule has 0 saturated heterocycles. The van der Waals surface area contributed by atoms with Gasteiger partial charge in [-0.05, 0) is 23.8 Å². The molecule has 1 atom stereocenters. The predicted octanol–water partition coefficient (Wildman–Crippen LogP) is 2.55. The highest BCUT2D eigenvalue weighted by molar-refractivity contribution is 6.40. The van der Waals surface area contributed by atoms with Gasteiger partial charge in [-0.1, -0.05) is 36.4 Å². The molecular formula is C23H22N4O4. The fraction of sp³-hybridized carbons (Fsp3) is 0.217. The molecule has 0 saturated carbocycles. The number of amides is 2. The van der Waals surface area contributed by atoms with E-state index in [1.54, 1.807) is 24.3 Å². The Morgan fingerprint density at radius 2 is 1.87 bits per heavy atom. The number of para-hydroxylation sites is 2. The van der Waals surface area contributed by atoms with Crippen LogP contribution in [-0.4, -0.2) is 41.6 Å². The first-order valence-corrected chi connectivity index (χ1v) is 9.96. The molecule has 3 aromatic rings. The number of esters is 1. The molecule has 8 nitrogen and oxygen atoms in total. The summed E-state index contributed by atoms with van der Waals surface area (Å²) in [4.78, 5) is 40.7. The summed E-state index contributed by atoms with van der Waals surface area (Å²) >= 11 is 0. The van der Waals surface area contributed by atoms with Crippen molar-refractivity contribution < 1.29 is 19.1 Å². The van der Waals surface area contributed by atoms with Gasteiger partial charge < -0.3 is 15.0 Å². The van der Waals surface area contributed by atoms with Gasteiger partial charge in [0.25, 0.3) is 5.91 Å². The molecule has 8 heteroatoms. The maximum atomic E-state index is 12.9. The number of nitrogens with one attached hydrogen (secondary N) is 2. The quantitative estimate of drug-likeness (QED) is 0.601. The summed E-state index contributed by atoms with van der Waals surface area (Å²) in [5.74, 6) is -1.24. The minimum atomic E-state index is -0.887. The second kappa shape index (κ2) is 8.83. The third kappa shape index (κ3) is 4.32. The van der Waals surface area contributed by atoms with Crippen LogP contribution in [0.3, 0.4) is 0 Å². The van der Waals surface area contributed by atoms with Gasteiger partial charge in [0.05, 0.1) is 12.8 Å². The molecule has 2 heterocycles. The number of aromatic nitrogens is 1. The van der Waals surface area contributed by atoms with E-state index in [0.29, 0.717) is 5.69 Å². The highest BCUT2D eigenvalue weighted by Crippen LogP contribution is 2.21. The average molecular weight is 418 g/mol. The average Bonchev–Trinajstić information content (AvgIpc) is 3.21. The summed E-state index contributed by atoms with van der Waals surface area (Å²) in [6, 6.07) is 15.8. The van der Waals surface area contributed by atoms with Gasteiger partial charge in [-0.25, -0.2) is 9.80 Å². The fourth-order valence-corrected chi connectivity index (χ4v) is 3.59. The molecule has 0 aliphatic carbocycles. The van der Waals surface area contributed by atoms with Gasteiger partial charge in [0, 0.05) is 36.4 Å². The number of hydrogen-bond donors (Lipinski definition) is 2. The van der Waals surface area contributed by atoms with Crippen molar-refractivity contribution in [2.75, 3.05) is 12.1 Å². The van der Waals surface area contributed by atoms with Gasteiger partial charge in [0.1, 0.15) is 11.8 Å². The van der Waals surface area contributed by atoms with Crippen molar-refractivity contribution in [1.29, 1.82) is 0 Å². The Hall–Kier alpha value is -3.94.